The number of likely N-dealkylation sites (N-methyl/N-ethyl adjacent to an activating group) is 1. The summed E-state index contributed by atoms with van der Waals surface area (Å²) in [6, 6.07) is 28.4. The van der Waals surface area contributed by atoms with Crippen LogP contribution in [0.3, 0.4) is 0 Å². The van der Waals surface area contributed by atoms with E-state index in [1.165, 1.54) is 22.4 Å². The molecule has 1 aliphatic heterocycles. The van der Waals surface area contributed by atoms with Crippen LogP contribution in [0.4, 0.5) is 0 Å². The summed E-state index contributed by atoms with van der Waals surface area (Å²) in [7, 11) is 3.44. The number of hydrogen-bond donors (Lipinski definition) is 2. The van der Waals surface area contributed by atoms with Crippen molar-refractivity contribution in [3.8, 4) is 5.75 Å². The van der Waals surface area contributed by atoms with Crippen LogP contribution in [0.2, 0.25) is 0 Å². The SMILES string of the molecule is C=O.CC.CCC.COc1ccc(CNN(C)CC(=O)N2CC(=O)N(CCC(c3ccccc3)c3ccccc3)CC2N)cc1. The number of piperazine rings is 1. The number of amides is 2. The predicted molar refractivity (Wildman–Crippen MR) is 183 cm³/mol. The highest BCUT2D eigenvalue weighted by atomic mass is 16.5. The molecule has 9 heteroatoms. The zero-order valence-electron chi connectivity index (χ0n) is 27.9. The van der Waals surface area contributed by atoms with Gasteiger partial charge in [-0.2, -0.15) is 0 Å². The maximum absolute atomic E-state index is 13.0. The van der Waals surface area contributed by atoms with Gasteiger partial charge in [0, 0.05) is 26.1 Å². The van der Waals surface area contributed by atoms with Gasteiger partial charge in [0.25, 0.3) is 0 Å². The highest BCUT2D eigenvalue weighted by Gasteiger charge is 2.33. The van der Waals surface area contributed by atoms with Gasteiger partial charge in [-0.1, -0.05) is 107 Å². The van der Waals surface area contributed by atoms with Crippen LogP contribution in [0, 0.1) is 0 Å². The van der Waals surface area contributed by atoms with E-state index in [4.69, 9.17) is 15.3 Å². The lowest BCUT2D eigenvalue weighted by molar-refractivity contribution is -0.149. The summed E-state index contributed by atoms with van der Waals surface area (Å²) in [4.78, 5) is 37.3. The molecular formula is C36H53N5O4. The number of nitrogens with two attached hydrogens (primary N) is 1. The number of nitrogens with zero attached hydrogens (tertiary/aromatic N) is 3. The van der Waals surface area contributed by atoms with Gasteiger partial charge in [0.1, 0.15) is 19.1 Å². The van der Waals surface area contributed by atoms with Crippen molar-refractivity contribution in [2.45, 2.75) is 59.2 Å². The Kier molecular flexibility index (Phi) is 19.5. The maximum atomic E-state index is 13.0. The topological polar surface area (TPSA) is 108 Å². The molecule has 3 aromatic rings. The van der Waals surface area contributed by atoms with E-state index >= 15 is 0 Å². The maximum Gasteiger partial charge on any atom is 0.242 e. The molecule has 246 valence electrons. The zero-order chi connectivity index (χ0) is 33.6. The normalized spacial score (nSPS) is 14.0. The molecule has 0 saturated carbocycles. The third kappa shape index (κ3) is 13.2. The number of hydrogen-bond acceptors (Lipinski definition) is 7. The first-order valence-electron chi connectivity index (χ1n) is 15.6. The highest BCUT2D eigenvalue weighted by molar-refractivity contribution is 5.87. The molecule has 1 atom stereocenters. The van der Waals surface area contributed by atoms with Gasteiger partial charge in [0.15, 0.2) is 0 Å². The number of rotatable bonds is 11. The van der Waals surface area contributed by atoms with E-state index in [1.807, 2.05) is 81.3 Å². The Balaban J connectivity index is 0.00000134. The van der Waals surface area contributed by atoms with Crippen molar-refractivity contribution in [1.29, 1.82) is 0 Å². The minimum atomic E-state index is -0.540. The number of ether oxygens (including phenoxy) is 1. The van der Waals surface area contributed by atoms with E-state index in [0.29, 0.717) is 19.6 Å². The molecule has 1 heterocycles. The van der Waals surface area contributed by atoms with Crippen LogP contribution in [-0.2, 0) is 20.9 Å². The molecule has 1 unspecified atom stereocenters. The van der Waals surface area contributed by atoms with Gasteiger partial charge in [0.2, 0.25) is 11.8 Å². The van der Waals surface area contributed by atoms with E-state index in [9.17, 15) is 9.59 Å². The minimum absolute atomic E-state index is 0.00629. The molecule has 4 rings (SSSR count). The first-order chi connectivity index (χ1) is 21.9. The number of nitrogens with one attached hydrogen (secondary N) is 1. The van der Waals surface area contributed by atoms with Gasteiger partial charge in [-0.05, 0) is 35.2 Å². The van der Waals surface area contributed by atoms with Crippen LogP contribution < -0.4 is 15.9 Å². The second kappa shape index (κ2) is 22.5. The summed E-state index contributed by atoms with van der Waals surface area (Å²) in [6.45, 7) is 11.8. The van der Waals surface area contributed by atoms with E-state index in [-0.39, 0.29) is 30.8 Å². The molecule has 9 nitrogen and oxygen atoms in total. The highest BCUT2D eigenvalue weighted by Crippen LogP contribution is 2.28. The van der Waals surface area contributed by atoms with Crippen LogP contribution in [0.5, 0.6) is 5.75 Å². The standard InChI is InChI=1S/C30H37N5O3.C3H8.C2H6.CH2O/c1-33(32-19-23-13-15-26(38-2)16-14-23)21-30(37)35-22-29(36)34(20-28(35)31)18-17-27(24-9-5-3-6-10-24)25-11-7-4-8-12-25;1-3-2;2*1-2/h3-16,27-28,32H,17-22,31H2,1-2H3;3H2,1-2H3;1-2H3;1H2. The smallest absolute Gasteiger partial charge is 0.242 e. The number of carbonyl (C=O) groups is 3. The fraction of sp³-hybridized carbons (Fsp3) is 0.417. The Labute approximate surface area is 270 Å². The fourth-order valence-electron chi connectivity index (χ4n) is 4.78. The van der Waals surface area contributed by atoms with E-state index in [2.05, 4.69) is 43.5 Å². The van der Waals surface area contributed by atoms with Gasteiger partial charge < -0.3 is 25.1 Å². The molecule has 3 N–H and O–H groups in total. The minimum Gasteiger partial charge on any atom is -0.497 e. The summed E-state index contributed by atoms with van der Waals surface area (Å²) in [5, 5.41) is 1.72. The molecule has 45 heavy (non-hydrogen) atoms. The molecule has 1 aliphatic rings. The van der Waals surface area contributed by atoms with E-state index in [0.717, 1.165) is 17.7 Å². The monoisotopic (exact) mass is 619 g/mol. The van der Waals surface area contributed by atoms with Crippen molar-refractivity contribution in [2.24, 2.45) is 5.73 Å². The van der Waals surface area contributed by atoms with Crippen molar-refractivity contribution in [3.05, 3.63) is 102 Å². The largest absolute Gasteiger partial charge is 0.497 e. The lowest BCUT2D eigenvalue weighted by Crippen LogP contribution is -2.63. The molecule has 0 spiro atoms. The van der Waals surface area contributed by atoms with Crippen molar-refractivity contribution in [3.63, 3.8) is 0 Å². The molecule has 3 aromatic carbocycles. The first-order valence-corrected chi connectivity index (χ1v) is 15.6. The number of methoxy groups -OCH3 is 1. The zero-order valence-corrected chi connectivity index (χ0v) is 27.9. The van der Waals surface area contributed by atoms with Gasteiger partial charge in [-0.25, -0.2) is 5.01 Å². The van der Waals surface area contributed by atoms with Crippen molar-refractivity contribution < 1.29 is 19.1 Å². The Morgan fingerprint density at radius 3 is 1.98 bits per heavy atom. The number of carbonyl (C=O) groups excluding carboxylic acids is 3. The second-order valence-electron chi connectivity index (χ2n) is 10.3. The first kappa shape index (κ1) is 39.0. The Morgan fingerprint density at radius 2 is 1.49 bits per heavy atom. The van der Waals surface area contributed by atoms with E-state index < -0.39 is 6.17 Å². The van der Waals surface area contributed by atoms with Crippen LogP contribution in [-0.4, -0.2) is 79.9 Å². The van der Waals surface area contributed by atoms with Gasteiger partial charge >= 0.3 is 0 Å². The van der Waals surface area contributed by atoms with Crippen molar-refractivity contribution in [2.75, 3.05) is 40.3 Å². The summed E-state index contributed by atoms with van der Waals surface area (Å²) >= 11 is 0. The molecule has 1 saturated heterocycles. The lowest BCUT2D eigenvalue weighted by Gasteiger charge is -2.40. The number of hydrazine groups is 1. The molecule has 0 aliphatic carbocycles. The Morgan fingerprint density at radius 1 is 0.978 bits per heavy atom. The molecular weight excluding hydrogens is 566 g/mol. The Hall–Kier alpha value is -4.05. The summed E-state index contributed by atoms with van der Waals surface area (Å²) < 4.78 is 5.18. The fourth-order valence-corrected chi connectivity index (χ4v) is 4.78. The van der Waals surface area contributed by atoms with Crippen LogP contribution >= 0.6 is 0 Å². The second-order valence-corrected chi connectivity index (χ2v) is 10.3. The average Bonchev–Trinajstić information content (AvgIpc) is 3.08. The summed E-state index contributed by atoms with van der Waals surface area (Å²) in [5.41, 5.74) is 13.1. The van der Waals surface area contributed by atoms with Gasteiger partial charge in [-0.15, -0.1) is 0 Å². The van der Waals surface area contributed by atoms with Crippen LogP contribution in [0.1, 0.15) is 63.1 Å². The summed E-state index contributed by atoms with van der Waals surface area (Å²) in [6.07, 6.45) is 1.49. The van der Waals surface area contributed by atoms with Crippen molar-refractivity contribution in [1.82, 2.24) is 20.2 Å². The number of benzene rings is 3. The predicted octanol–water partition coefficient (Wildman–Crippen LogP) is 5.07. The van der Waals surface area contributed by atoms with Gasteiger partial charge in [0.05, 0.1) is 26.4 Å². The molecule has 0 bridgehead atoms. The molecule has 0 aromatic heterocycles. The molecule has 2 amide bonds. The Bertz CT molecular complexity index is 1170. The molecule has 0 radical (unpaired) electrons. The molecule has 1 fully saturated rings. The van der Waals surface area contributed by atoms with Gasteiger partial charge in [-0.3, -0.25) is 15.0 Å². The lowest BCUT2D eigenvalue weighted by atomic mass is 9.88. The third-order valence-corrected chi connectivity index (χ3v) is 6.96. The van der Waals surface area contributed by atoms with E-state index in [1.54, 1.807) is 24.1 Å². The van der Waals surface area contributed by atoms with Crippen molar-refractivity contribution >= 4 is 18.6 Å². The third-order valence-electron chi connectivity index (χ3n) is 6.96. The van der Waals surface area contributed by atoms with Crippen LogP contribution in [0.25, 0.3) is 0 Å². The quantitative estimate of drug-likeness (QED) is 0.289. The van der Waals surface area contributed by atoms with Crippen LogP contribution in [0.15, 0.2) is 84.9 Å². The summed E-state index contributed by atoms with van der Waals surface area (Å²) in [5.74, 6) is 0.715. The average molecular weight is 620 g/mol.